The normalized spacial score (nSPS) is 11.5. The largest absolute Gasteiger partial charge is 0.351 e. The number of rotatable bonds is 7. The zero-order valence-electron chi connectivity index (χ0n) is 17.0. The molecule has 5 N–H and O–H groups in total. The molecule has 0 bridgehead atoms. The fourth-order valence-electron chi connectivity index (χ4n) is 3.16. The highest BCUT2D eigenvalue weighted by Gasteiger charge is 2.20. The summed E-state index contributed by atoms with van der Waals surface area (Å²) < 4.78 is 27.9. The Kier molecular flexibility index (Phi) is 6.52. The Labute approximate surface area is 199 Å². The van der Waals surface area contributed by atoms with E-state index in [1.807, 2.05) is 0 Å². The lowest BCUT2D eigenvalue weighted by molar-refractivity contribution is 0.0956. The first kappa shape index (κ1) is 23.0. The van der Waals surface area contributed by atoms with Crippen LogP contribution in [0.2, 0.25) is 10.0 Å². The molecule has 33 heavy (non-hydrogen) atoms. The van der Waals surface area contributed by atoms with Crippen molar-refractivity contribution in [3.63, 3.8) is 0 Å². The van der Waals surface area contributed by atoms with E-state index in [4.69, 9.17) is 28.9 Å². The molecule has 0 saturated carbocycles. The van der Waals surface area contributed by atoms with Gasteiger partial charge in [-0.05, 0) is 30.3 Å². The van der Waals surface area contributed by atoms with E-state index < -0.39 is 10.0 Å². The van der Waals surface area contributed by atoms with Gasteiger partial charge in [0.2, 0.25) is 0 Å². The number of sulfonamides is 1. The van der Waals surface area contributed by atoms with Crippen LogP contribution < -0.4 is 15.8 Å². The van der Waals surface area contributed by atoms with E-state index in [-0.39, 0.29) is 20.8 Å². The molecule has 0 radical (unpaired) electrons. The van der Waals surface area contributed by atoms with Gasteiger partial charge in [0.15, 0.2) is 5.65 Å². The molecule has 1 amide bonds. The predicted octanol–water partition coefficient (Wildman–Crippen LogP) is 3.42. The first-order valence-corrected chi connectivity index (χ1v) is 11.9. The van der Waals surface area contributed by atoms with Gasteiger partial charge in [-0.1, -0.05) is 41.4 Å². The smallest absolute Gasteiger partial charge is 0.263 e. The van der Waals surface area contributed by atoms with Gasteiger partial charge in [-0.3, -0.25) is 14.6 Å². The number of nitrogens with zero attached hydrogens (tertiary/aromatic N) is 2. The summed E-state index contributed by atoms with van der Waals surface area (Å²) >= 11 is 12.0. The van der Waals surface area contributed by atoms with Gasteiger partial charge in [-0.2, -0.15) is 5.10 Å². The maximum Gasteiger partial charge on any atom is 0.263 e. The number of hydrogen-bond acceptors (Lipinski definition) is 6. The summed E-state index contributed by atoms with van der Waals surface area (Å²) in [6, 6.07) is 12.6. The van der Waals surface area contributed by atoms with Crippen molar-refractivity contribution in [2.75, 3.05) is 17.8 Å². The average molecular weight is 505 g/mol. The molecule has 0 spiro atoms. The van der Waals surface area contributed by atoms with E-state index in [2.05, 4.69) is 25.2 Å². The van der Waals surface area contributed by atoms with Gasteiger partial charge in [0, 0.05) is 24.3 Å². The molecule has 0 saturated heterocycles. The summed E-state index contributed by atoms with van der Waals surface area (Å²) in [7, 11) is -3.95. The Morgan fingerprint density at radius 3 is 2.61 bits per heavy atom. The van der Waals surface area contributed by atoms with Crippen LogP contribution in [0.1, 0.15) is 10.4 Å². The second-order valence-electron chi connectivity index (χ2n) is 6.97. The van der Waals surface area contributed by atoms with E-state index in [9.17, 15) is 13.2 Å². The molecular weight excluding hydrogens is 487 g/mol. The number of carbonyl (C=O) groups excluding carboxylic acids is 1. The molecule has 2 aromatic heterocycles. The number of halogens is 2. The molecule has 0 aliphatic carbocycles. The third-order valence-electron chi connectivity index (χ3n) is 4.74. The highest BCUT2D eigenvalue weighted by molar-refractivity contribution is 7.92. The first-order chi connectivity index (χ1) is 15.8. The van der Waals surface area contributed by atoms with Crippen molar-refractivity contribution in [1.29, 1.82) is 0 Å². The van der Waals surface area contributed by atoms with Crippen LogP contribution in [0.5, 0.6) is 0 Å². The highest BCUT2D eigenvalue weighted by atomic mass is 35.5. The van der Waals surface area contributed by atoms with Crippen molar-refractivity contribution < 1.29 is 13.2 Å². The van der Waals surface area contributed by atoms with Gasteiger partial charge in [0.05, 0.1) is 32.9 Å². The lowest BCUT2D eigenvalue weighted by Crippen LogP contribution is -2.29. The minimum atomic E-state index is -3.95. The molecule has 2 heterocycles. The minimum Gasteiger partial charge on any atom is -0.351 e. The fraction of sp³-hybridized carbons (Fsp3) is 0.0952. The number of carbonyl (C=O) groups is 1. The van der Waals surface area contributed by atoms with E-state index >= 15 is 0 Å². The number of nitrogens with two attached hydrogens (primary N) is 1. The quantitative estimate of drug-likeness (QED) is 0.303. The van der Waals surface area contributed by atoms with E-state index in [0.29, 0.717) is 46.6 Å². The van der Waals surface area contributed by atoms with Crippen LogP contribution in [-0.2, 0) is 10.0 Å². The van der Waals surface area contributed by atoms with Gasteiger partial charge < -0.3 is 11.1 Å². The van der Waals surface area contributed by atoms with Crippen LogP contribution in [0.25, 0.3) is 22.3 Å². The third kappa shape index (κ3) is 4.79. The van der Waals surface area contributed by atoms with Crippen LogP contribution in [0, 0.1) is 0 Å². The van der Waals surface area contributed by atoms with Crippen LogP contribution in [-0.4, -0.2) is 42.6 Å². The zero-order chi connectivity index (χ0) is 23.6. The molecule has 4 aromatic rings. The SMILES string of the molecule is NCCNC(=O)c1cc(-c2ccc(NS(=O)(=O)c3cccc(Cl)c3Cl)cc2)nc2[nH]ncc12. The summed E-state index contributed by atoms with van der Waals surface area (Å²) in [5.41, 5.74) is 7.82. The molecule has 12 heteroatoms. The van der Waals surface area contributed by atoms with E-state index in [0.717, 1.165) is 0 Å². The number of anilines is 1. The van der Waals surface area contributed by atoms with Crippen molar-refractivity contribution in [3.8, 4) is 11.3 Å². The molecule has 9 nitrogen and oxygen atoms in total. The third-order valence-corrected chi connectivity index (χ3v) is 7.09. The molecule has 0 aliphatic rings. The molecular formula is C21H18Cl2N6O3S. The maximum absolute atomic E-state index is 12.7. The predicted molar refractivity (Wildman–Crippen MR) is 128 cm³/mol. The highest BCUT2D eigenvalue weighted by Crippen LogP contribution is 2.31. The molecule has 0 atom stereocenters. The molecule has 2 aromatic carbocycles. The summed E-state index contributed by atoms with van der Waals surface area (Å²) in [6.07, 6.45) is 1.53. The van der Waals surface area contributed by atoms with Gasteiger partial charge in [0.1, 0.15) is 4.90 Å². The van der Waals surface area contributed by atoms with Gasteiger partial charge >= 0.3 is 0 Å². The number of nitrogens with one attached hydrogen (secondary N) is 3. The molecule has 4 rings (SSSR count). The van der Waals surface area contributed by atoms with E-state index in [1.54, 1.807) is 30.3 Å². The second-order valence-corrected chi connectivity index (χ2v) is 9.40. The van der Waals surface area contributed by atoms with Crippen molar-refractivity contribution in [2.45, 2.75) is 4.90 Å². The summed E-state index contributed by atoms with van der Waals surface area (Å²) in [4.78, 5) is 16.9. The summed E-state index contributed by atoms with van der Waals surface area (Å²) in [6.45, 7) is 0.650. The van der Waals surface area contributed by atoms with Crippen LogP contribution in [0.3, 0.4) is 0 Å². The van der Waals surface area contributed by atoms with Crippen LogP contribution in [0.4, 0.5) is 5.69 Å². The van der Waals surface area contributed by atoms with Gasteiger partial charge in [0.25, 0.3) is 15.9 Å². The van der Waals surface area contributed by atoms with Crippen molar-refractivity contribution >= 4 is 55.9 Å². The second kappa shape index (κ2) is 9.36. The van der Waals surface area contributed by atoms with Crippen molar-refractivity contribution in [1.82, 2.24) is 20.5 Å². The molecule has 0 aliphatic heterocycles. The Morgan fingerprint density at radius 2 is 1.88 bits per heavy atom. The topological polar surface area (TPSA) is 143 Å². The first-order valence-electron chi connectivity index (χ1n) is 9.70. The Bertz CT molecular complexity index is 1440. The number of hydrogen-bond donors (Lipinski definition) is 4. The number of amides is 1. The van der Waals surface area contributed by atoms with Gasteiger partial charge in [-0.25, -0.2) is 13.4 Å². The number of pyridine rings is 1. The summed E-state index contributed by atoms with van der Waals surface area (Å²) in [5, 5.41) is 10.1. The van der Waals surface area contributed by atoms with Crippen molar-refractivity contribution in [3.05, 3.63) is 70.3 Å². The molecule has 170 valence electrons. The lowest BCUT2D eigenvalue weighted by atomic mass is 10.1. The lowest BCUT2D eigenvalue weighted by Gasteiger charge is -2.11. The summed E-state index contributed by atoms with van der Waals surface area (Å²) in [5.74, 6) is -0.293. The van der Waals surface area contributed by atoms with Crippen LogP contribution in [0.15, 0.2) is 59.6 Å². The van der Waals surface area contributed by atoms with E-state index in [1.165, 1.54) is 24.4 Å². The Balaban J connectivity index is 1.63. The molecule has 0 unspecified atom stereocenters. The zero-order valence-corrected chi connectivity index (χ0v) is 19.3. The number of fused-ring (bicyclic) bond motifs is 1. The number of H-pyrrole nitrogens is 1. The minimum absolute atomic E-state index is 0.0548. The maximum atomic E-state index is 12.7. The number of aromatic nitrogens is 3. The molecule has 0 fully saturated rings. The fourth-order valence-corrected chi connectivity index (χ4v) is 4.98. The van der Waals surface area contributed by atoms with Crippen LogP contribution >= 0.6 is 23.2 Å². The Morgan fingerprint density at radius 1 is 1.12 bits per heavy atom. The van der Waals surface area contributed by atoms with Crippen molar-refractivity contribution in [2.24, 2.45) is 5.73 Å². The average Bonchev–Trinajstić information content (AvgIpc) is 3.27. The number of benzene rings is 2. The Hall–Kier alpha value is -3.18. The number of aromatic amines is 1. The van der Waals surface area contributed by atoms with Gasteiger partial charge in [-0.15, -0.1) is 0 Å². The monoisotopic (exact) mass is 504 g/mol. The standard InChI is InChI=1S/C21H18Cl2N6O3S/c22-16-2-1-3-18(19(16)23)33(31,32)29-13-6-4-12(5-7-13)17-10-14(21(30)25-9-8-24)15-11-26-28-20(15)27-17/h1-7,10-11,29H,8-9,24H2,(H,25,30)(H,26,27,28).